The van der Waals surface area contributed by atoms with Gasteiger partial charge in [0.25, 0.3) is 0 Å². The largest absolute Gasteiger partial charge is 0.310 e. The molecule has 0 fully saturated rings. The van der Waals surface area contributed by atoms with E-state index in [1.165, 1.54) is 12.1 Å². The Morgan fingerprint density at radius 3 is 2.63 bits per heavy atom. The van der Waals surface area contributed by atoms with Gasteiger partial charge in [0.1, 0.15) is 11.6 Å². The van der Waals surface area contributed by atoms with Gasteiger partial charge >= 0.3 is 0 Å². The van der Waals surface area contributed by atoms with Crippen LogP contribution in [-0.4, -0.2) is 14.8 Å². The molecule has 6 heteroatoms. The normalized spacial score (nSPS) is 11.3. The average molecular weight is 347 g/mol. The monoisotopic (exact) mass is 345 g/mol. The molecular weight excluding hydrogens is 333 g/mol. The summed E-state index contributed by atoms with van der Waals surface area (Å²) in [5, 5.41) is 8.20. The van der Waals surface area contributed by atoms with Crippen LogP contribution in [0.2, 0.25) is 0 Å². The van der Waals surface area contributed by atoms with Gasteiger partial charge in [0, 0.05) is 16.6 Å². The third-order valence-corrected chi connectivity index (χ3v) is 3.31. The highest BCUT2D eigenvalue weighted by Gasteiger charge is 2.15. The predicted octanol–water partition coefficient (Wildman–Crippen LogP) is 4.24. The van der Waals surface area contributed by atoms with E-state index in [0.29, 0.717) is 27.6 Å². The van der Waals surface area contributed by atoms with E-state index in [1.807, 2.05) is 10.6 Å². The highest BCUT2D eigenvalue weighted by atomic mass is 79.9. The van der Waals surface area contributed by atoms with Crippen LogP contribution in [0.4, 0.5) is 4.39 Å². The summed E-state index contributed by atoms with van der Waals surface area (Å²) in [6.45, 7) is 4.95. The zero-order valence-electron chi connectivity index (χ0n) is 10.7. The molecule has 1 aromatic carbocycles. The molecule has 0 saturated heterocycles. The fourth-order valence-electron chi connectivity index (χ4n) is 1.89. The minimum absolute atomic E-state index is 0.288. The molecule has 0 atom stereocenters. The Balaban J connectivity index is 2.51. The second-order valence-electron chi connectivity index (χ2n) is 4.74. The van der Waals surface area contributed by atoms with Crippen LogP contribution in [0.15, 0.2) is 22.7 Å². The van der Waals surface area contributed by atoms with Gasteiger partial charge in [-0.05, 0) is 24.1 Å². The molecule has 102 valence electrons. The van der Waals surface area contributed by atoms with Crippen LogP contribution in [-0.2, 0) is 12.4 Å². The van der Waals surface area contributed by atoms with Crippen molar-refractivity contribution < 1.29 is 4.39 Å². The Morgan fingerprint density at radius 2 is 2.05 bits per heavy atom. The van der Waals surface area contributed by atoms with Crippen LogP contribution in [0, 0.1) is 11.7 Å². The SMILES string of the molecule is CC(C)Cn1c(CCl)nnc1-c1cc(F)cc(Br)c1. The highest BCUT2D eigenvalue weighted by molar-refractivity contribution is 9.10. The third kappa shape index (κ3) is 3.34. The van der Waals surface area contributed by atoms with E-state index in [2.05, 4.69) is 40.0 Å². The molecule has 0 unspecified atom stereocenters. The molecule has 2 rings (SSSR count). The van der Waals surface area contributed by atoms with Gasteiger partial charge in [0.05, 0.1) is 5.88 Å². The summed E-state index contributed by atoms with van der Waals surface area (Å²) in [4.78, 5) is 0. The maximum absolute atomic E-state index is 13.5. The zero-order valence-corrected chi connectivity index (χ0v) is 13.0. The second kappa shape index (κ2) is 6.01. The van der Waals surface area contributed by atoms with Crippen molar-refractivity contribution in [1.29, 1.82) is 0 Å². The zero-order chi connectivity index (χ0) is 14.0. The number of hydrogen-bond acceptors (Lipinski definition) is 2. The standard InChI is InChI=1S/C13H14BrClFN3/c1-8(2)7-19-12(6-15)17-18-13(19)9-3-10(14)5-11(16)4-9/h3-5,8H,6-7H2,1-2H3. The summed E-state index contributed by atoms with van der Waals surface area (Å²) >= 11 is 9.16. The van der Waals surface area contributed by atoms with E-state index in [1.54, 1.807) is 0 Å². The maximum atomic E-state index is 13.5. The molecular formula is C13H14BrClFN3. The molecule has 0 aliphatic rings. The van der Waals surface area contributed by atoms with E-state index in [-0.39, 0.29) is 11.7 Å². The highest BCUT2D eigenvalue weighted by Crippen LogP contribution is 2.25. The first-order valence-corrected chi connectivity index (χ1v) is 7.28. The molecule has 0 bridgehead atoms. The molecule has 3 nitrogen and oxygen atoms in total. The number of hydrogen-bond donors (Lipinski definition) is 0. The molecule has 0 radical (unpaired) electrons. The number of alkyl halides is 1. The molecule has 1 heterocycles. The molecule has 0 spiro atoms. The lowest BCUT2D eigenvalue weighted by atomic mass is 10.2. The van der Waals surface area contributed by atoms with Gasteiger partial charge in [-0.15, -0.1) is 21.8 Å². The first-order valence-electron chi connectivity index (χ1n) is 5.95. The Kier molecular flexibility index (Phi) is 4.58. The molecule has 0 aliphatic carbocycles. The number of aromatic nitrogens is 3. The summed E-state index contributed by atoms with van der Waals surface area (Å²) < 4.78 is 16.1. The average Bonchev–Trinajstić information content (AvgIpc) is 2.69. The van der Waals surface area contributed by atoms with Crippen LogP contribution in [0.25, 0.3) is 11.4 Å². The third-order valence-electron chi connectivity index (χ3n) is 2.62. The molecule has 0 aliphatic heterocycles. The van der Waals surface area contributed by atoms with E-state index in [9.17, 15) is 4.39 Å². The van der Waals surface area contributed by atoms with Crippen LogP contribution in [0.3, 0.4) is 0 Å². The molecule has 0 saturated carbocycles. The van der Waals surface area contributed by atoms with Crippen molar-refractivity contribution in [2.75, 3.05) is 0 Å². The molecule has 19 heavy (non-hydrogen) atoms. The Bertz CT molecular complexity index is 563. The lowest BCUT2D eigenvalue weighted by molar-refractivity contribution is 0.515. The quantitative estimate of drug-likeness (QED) is 0.775. The van der Waals surface area contributed by atoms with Crippen LogP contribution < -0.4 is 0 Å². The summed E-state index contributed by atoms with van der Waals surface area (Å²) in [6, 6.07) is 4.68. The van der Waals surface area contributed by atoms with Crippen LogP contribution >= 0.6 is 27.5 Å². The smallest absolute Gasteiger partial charge is 0.164 e. The molecule has 0 N–H and O–H groups in total. The molecule has 1 aromatic heterocycles. The summed E-state index contributed by atoms with van der Waals surface area (Å²) in [5.74, 6) is 1.75. The van der Waals surface area contributed by atoms with Gasteiger partial charge in [0.2, 0.25) is 0 Å². The van der Waals surface area contributed by atoms with Crippen molar-refractivity contribution in [2.45, 2.75) is 26.3 Å². The minimum atomic E-state index is -0.309. The van der Waals surface area contributed by atoms with Gasteiger partial charge in [0.15, 0.2) is 5.82 Å². The van der Waals surface area contributed by atoms with E-state index < -0.39 is 0 Å². The van der Waals surface area contributed by atoms with Crippen molar-refractivity contribution in [1.82, 2.24) is 14.8 Å². The van der Waals surface area contributed by atoms with Crippen LogP contribution in [0.1, 0.15) is 19.7 Å². The van der Waals surface area contributed by atoms with Crippen molar-refractivity contribution in [3.05, 3.63) is 34.3 Å². The van der Waals surface area contributed by atoms with Gasteiger partial charge in [-0.25, -0.2) is 4.39 Å². The van der Waals surface area contributed by atoms with Crippen molar-refractivity contribution in [3.63, 3.8) is 0 Å². The van der Waals surface area contributed by atoms with E-state index in [0.717, 1.165) is 6.54 Å². The maximum Gasteiger partial charge on any atom is 0.164 e. The predicted molar refractivity (Wildman–Crippen MR) is 77.5 cm³/mol. The lowest BCUT2D eigenvalue weighted by Crippen LogP contribution is -2.09. The fraction of sp³-hybridized carbons (Fsp3) is 0.385. The number of halogens is 3. The van der Waals surface area contributed by atoms with E-state index >= 15 is 0 Å². The fourth-order valence-corrected chi connectivity index (χ4v) is 2.55. The summed E-state index contributed by atoms with van der Waals surface area (Å²) in [6.07, 6.45) is 0. The number of rotatable bonds is 4. The Labute approximate surface area is 124 Å². The van der Waals surface area contributed by atoms with Crippen molar-refractivity contribution in [2.24, 2.45) is 5.92 Å². The Morgan fingerprint density at radius 1 is 1.32 bits per heavy atom. The van der Waals surface area contributed by atoms with Gasteiger partial charge < -0.3 is 4.57 Å². The summed E-state index contributed by atoms with van der Waals surface area (Å²) in [5.41, 5.74) is 0.691. The minimum Gasteiger partial charge on any atom is -0.310 e. The molecule has 0 amide bonds. The topological polar surface area (TPSA) is 30.7 Å². The van der Waals surface area contributed by atoms with Crippen molar-refractivity contribution in [3.8, 4) is 11.4 Å². The van der Waals surface area contributed by atoms with Crippen LogP contribution in [0.5, 0.6) is 0 Å². The summed E-state index contributed by atoms with van der Waals surface area (Å²) in [7, 11) is 0. The van der Waals surface area contributed by atoms with E-state index in [4.69, 9.17) is 11.6 Å². The van der Waals surface area contributed by atoms with Gasteiger partial charge in [-0.3, -0.25) is 0 Å². The Hall–Kier alpha value is -0.940. The van der Waals surface area contributed by atoms with Gasteiger partial charge in [-0.1, -0.05) is 29.8 Å². The number of benzene rings is 1. The second-order valence-corrected chi connectivity index (χ2v) is 5.92. The van der Waals surface area contributed by atoms with Gasteiger partial charge in [-0.2, -0.15) is 0 Å². The lowest BCUT2D eigenvalue weighted by Gasteiger charge is -2.12. The van der Waals surface area contributed by atoms with Crippen molar-refractivity contribution >= 4 is 27.5 Å². The number of nitrogens with zero attached hydrogens (tertiary/aromatic N) is 3. The molecule has 2 aromatic rings. The first-order chi connectivity index (χ1) is 9.01. The first kappa shape index (κ1) is 14.5.